The molecule has 0 atom stereocenters. The summed E-state index contributed by atoms with van der Waals surface area (Å²) in [5, 5.41) is 4.63. The third-order valence-electron chi connectivity index (χ3n) is 6.25. The van der Waals surface area contributed by atoms with Gasteiger partial charge in [-0.15, -0.1) is 0 Å². The number of rotatable bonds is 4. The summed E-state index contributed by atoms with van der Waals surface area (Å²) in [6, 6.07) is 7.60. The molecule has 1 fully saturated rings. The van der Waals surface area contributed by atoms with E-state index in [1.165, 1.54) is 5.56 Å². The second-order valence-electron chi connectivity index (χ2n) is 9.11. The number of likely N-dealkylation sites (tertiary alicyclic amines) is 1. The Balaban J connectivity index is 1.44. The summed E-state index contributed by atoms with van der Waals surface area (Å²) in [6.45, 7) is 7.05. The molecule has 0 N–H and O–H groups in total. The summed E-state index contributed by atoms with van der Waals surface area (Å²) in [6.07, 6.45) is 6.07. The summed E-state index contributed by atoms with van der Waals surface area (Å²) >= 11 is 0. The minimum atomic E-state index is -0.0834. The first kappa shape index (κ1) is 20.8. The van der Waals surface area contributed by atoms with Crippen LogP contribution in [0.5, 0.6) is 0 Å². The highest BCUT2D eigenvalue weighted by Gasteiger charge is 2.21. The zero-order valence-electron chi connectivity index (χ0n) is 19.1. The van der Waals surface area contributed by atoms with E-state index >= 15 is 0 Å². The molecule has 1 aliphatic rings. The van der Waals surface area contributed by atoms with Crippen LogP contribution in [0.3, 0.4) is 0 Å². The second kappa shape index (κ2) is 8.11. The molecule has 4 aromatic rings. The Morgan fingerprint density at radius 2 is 1.81 bits per heavy atom. The van der Waals surface area contributed by atoms with Crippen molar-refractivity contribution in [1.82, 2.24) is 33.8 Å². The molecule has 5 heterocycles. The normalized spacial score (nSPS) is 15.9. The van der Waals surface area contributed by atoms with Gasteiger partial charge < -0.3 is 0 Å². The van der Waals surface area contributed by atoms with E-state index in [1.54, 1.807) is 10.5 Å². The molecule has 0 radical (unpaired) electrons. The van der Waals surface area contributed by atoms with E-state index in [-0.39, 0.29) is 5.56 Å². The molecule has 4 aromatic heterocycles. The first-order chi connectivity index (χ1) is 15.4. The van der Waals surface area contributed by atoms with Gasteiger partial charge in [-0.2, -0.15) is 5.10 Å². The smallest absolute Gasteiger partial charge is 0.258 e. The highest BCUT2D eigenvalue weighted by molar-refractivity contribution is 5.66. The summed E-state index contributed by atoms with van der Waals surface area (Å²) in [4.78, 5) is 26.9. The monoisotopic (exact) mass is 431 g/mol. The molecule has 0 aromatic carbocycles. The lowest BCUT2D eigenvalue weighted by molar-refractivity contribution is 0.141. The molecule has 0 saturated carbocycles. The first-order valence-electron chi connectivity index (χ1n) is 11.1. The zero-order valence-corrected chi connectivity index (χ0v) is 19.1. The maximum atomic E-state index is 13.0. The standard InChI is InChI=1S/C24H29N7O/c1-16-13-31-22(17(2)25-16)11-21(27-31)20-12-24(32)30-14-19(5-6-23(30)26-20)18-7-9-29(10-8-18)15-28(3)4/h5-6,11-14,18H,7-10,15H2,1-4H3. The molecule has 8 heteroatoms. The molecular weight excluding hydrogens is 402 g/mol. The highest BCUT2D eigenvalue weighted by atomic mass is 16.1. The number of nitrogens with zero attached hydrogens (tertiary/aromatic N) is 7. The molecule has 166 valence electrons. The van der Waals surface area contributed by atoms with Gasteiger partial charge in [-0.05, 0) is 77.5 Å². The Kier molecular flexibility index (Phi) is 5.27. The van der Waals surface area contributed by atoms with Crippen LogP contribution >= 0.6 is 0 Å². The lowest BCUT2D eigenvalue weighted by atomic mass is 9.90. The van der Waals surface area contributed by atoms with E-state index in [1.807, 2.05) is 42.9 Å². The van der Waals surface area contributed by atoms with Gasteiger partial charge >= 0.3 is 0 Å². The van der Waals surface area contributed by atoms with Crippen molar-refractivity contribution >= 4 is 11.2 Å². The van der Waals surface area contributed by atoms with Crippen molar-refractivity contribution < 1.29 is 0 Å². The van der Waals surface area contributed by atoms with Gasteiger partial charge in [0.2, 0.25) is 0 Å². The fraction of sp³-hybridized carbons (Fsp3) is 0.417. The van der Waals surface area contributed by atoms with Gasteiger partial charge in [0, 0.05) is 12.3 Å². The van der Waals surface area contributed by atoms with Gasteiger partial charge in [-0.1, -0.05) is 6.07 Å². The summed E-state index contributed by atoms with van der Waals surface area (Å²) < 4.78 is 3.47. The highest BCUT2D eigenvalue weighted by Crippen LogP contribution is 2.28. The lowest BCUT2D eigenvalue weighted by Gasteiger charge is -2.33. The fourth-order valence-corrected chi connectivity index (χ4v) is 4.72. The number of fused-ring (bicyclic) bond motifs is 2. The predicted octanol–water partition coefficient (Wildman–Crippen LogP) is 2.72. The predicted molar refractivity (Wildman–Crippen MR) is 125 cm³/mol. The van der Waals surface area contributed by atoms with Crippen LogP contribution in [0, 0.1) is 13.8 Å². The third-order valence-corrected chi connectivity index (χ3v) is 6.25. The van der Waals surface area contributed by atoms with Crippen molar-refractivity contribution in [2.45, 2.75) is 32.6 Å². The van der Waals surface area contributed by atoms with E-state index in [2.05, 4.69) is 40.0 Å². The van der Waals surface area contributed by atoms with Crippen molar-refractivity contribution in [1.29, 1.82) is 0 Å². The van der Waals surface area contributed by atoms with Crippen molar-refractivity contribution in [2.75, 3.05) is 33.9 Å². The average Bonchev–Trinajstić information content (AvgIpc) is 3.18. The summed E-state index contributed by atoms with van der Waals surface area (Å²) in [7, 11) is 4.21. The Labute approximate surface area is 187 Å². The molecule has 5 rings (SSSR count). The molecular formula is C24H29N7O. The fourth-order valence-electron chi connectivity index (χ4n) is 4.72. The van der Waals surface area contributed by atoms with Crippen LogP contribution in [-0.2, 0) is 0 Å². The van der Waals surface area contributed by atoms with Gasteiger partial charge in [0.05, 0.1) is 35.5 Å². The number of hydrogen-bond donors (Lipinski definition) is 0. The molecule has 1 saturated heterocycles. The zero-order chi connectivity index (χ0) is 22.4. The van der Waals surface area contributed by atoms with E-state index in [0.29, 0.717) is 23.0 Å². The largest absolute Gasteiger partial charge is 0.297 e. The maximum Gasteiger partial charge on any atom is 0.258 e. The maximum absolute atomic E-state index is 13.0. The summed E-state index contributed by atoms with van der Waals surface area (Å²) in [5.41, 5.74) is 5.76. The SMILES string of the molecule is Cc1cn2nc(-c3cc(=O)n4cc(C5CCN(CN(C)C)CC5)ccc4n3)cc2c(C)n1. The Hall–Kier alpha value is -3.10. The van der Waals surface area contributed by atoms with E-state index < -0.39 is 0 Å². The second-order valence-corrected chi connectivity index (χ2v) is 9.11. The van der Waals surface area contributed by atoms with Crippen LogP contribution in [0.1, 0.15) is 35.7 Å². The molecule has 32 heavy (non-hydrogen) atoms. The van der Waals surface area contributed by atoms with Crippen LogP contribution in [0.2, 0.25) is 0 Å². The topological polar surface area (TPSA) is 71.0 Å². The Morgan fingerprint density at radius 3 is 2.56 bits per heavy atom. The quantitative estimate of drug-likeness (QED) is 0.495. The average molecular weight is 432 g/mol. The summed E-state index contributed by atoms with van der Waals surface area (Å²) in [5.74, 6) is 0.474. The van der Waals surface area contributed by atoms with Gasteiger partial charge in [-0.3, -0.25) is 24.0 Å². The molecule has 0 aliphatic carbocycles. The Bertz CT molecular complexity index is 1350. The minimum Gasteiger partial charge on any atom is -0.297 e. The number of pyridine rings is 1. The van der Waals surface area contributed by atoms with Crippen molar-refractivity contribution in [3.8, 4) is 11.4 Å². The van der Waals surface area contributed by atoms with Crippen LogP contribution in [0.15, 0.2) is 41.5 Å². The van der Waals surface area contributed by atoms with E-state index in [9.17, 15) is 4.79 Å². The van der Waals surface area contributed by atoms with Gasteiger partial charge in [-0.25, -0.2) is 9.50 Å². The van der Waals surface area contributed by atoms with Crippen molar-refractivity contribution in [3.05, 3.63) is 64.0 Å². The molecule has 0 spiro atoms. The van der Waals surface area contributed by atoms with Crippen LogP contribution in [-0.4, -0.2) is 67.6 Å². The van der Waals surface area contributed by atoms with Crippen molar-refractivity contribution in [2.24, 2.45) is 0 Å². The van der Waals surface area contributed by atoms with Gasteiger partial charge in [0.25, 0.3) is 5.56 Å². The van der Waals surface area contributed by atoms with E-state index in [4.69, 9.17) is 4.98 Å². The van der Waals surface area contributed by atoms with Crippen LogP contribution in [0.4, 0.5) is 0 Å². The molecule has 1 aliphatic heterocycles. The number of piperidine rings is 1. The molecule has 0 amide bonds. The molecule has 8 nitrogen and oxygen atoms in total. The molecule has 0 unspecified atom stereocenters. The van der Waals surface area contributed by atoms with Crippen LogP contribution in [0.25, 0.3) is 22.6 Å². The minimum absolute atomic E-state index is 0.0834. The number of hydrogen-bond acceptors (Lipinski definition) is 6. The number of aryl methyl sites for hydroxylation is 2. The van der Waals surface area contributed by atoms with Gasteiger partial charge in [0.1, 0.15) is 11.3 Å². The third kappa shape index (κ3) is 3.91. The molecule has 0 bridgehead atoms. The first-order valence-corrected chi connectivity index (χ1v) is 11.1. The van der Waals surface area contributed by atoms with E-state index in [0.717, 1.165) is 49.5 Å². The lowest BCUT2D eigenvalue weighted by Crippen LogP contribution is -2.39. The van der Waals surface area contributed by atoms with Gasteiger partial charge in [0.15, 0.2) is 0 Å². The Morgan fingerprint density at radius 1 is 1.03 bits per heavy atom. The number of aromatic nitrogens is 5. The van der Waals surface area contributed by atoms with Crippen LogP contribution < -0.4 is 5.56 Å². The van der Waals surface area contributed by atoms with Crippen molar-refractivity contribution in [3.63, 3.8) is 0 Å².